The van der Waals surface area contributed by atoms with E-state index in [0.717, 1.165) is 55.2 Å². The lowest BCUT2D eigenvalue weighted by atomic mass is 9.93. The van der Waals surface area contributed by atoms with E-state index in [2.05, 4.69) is 42.5 Å². The molecule has 0 aliphatic carbocycles. The highest BCUT2D eigenvalue weighted by Crippen LogP contribution is 2.44. The van der Waals surface area contributed by atoms with Crippen molar-refractivity contribution < 1.29 is 8.83 Å². The molecule has 5 nitrogen and oxygen atoms in total. The highest BCUT2D eigenvalue weighted by Gasteiger charge is 2.19. The summed E-state index contributed by atoms with van der Waals surface area (Å²) in [5, 5.41) is 9.10. The molecule has 0 fully saturated rings. The molecule has 0 N–H and O–H groups in total. The molecule has 44 heavy (non-hydrogen) atoms. The summed E-state index contributed by atoms with van der Waals surface area (Å²) < 4.78 is 12.7. The zero-order chi connectivity index (χ0) is 28.8. The lowest BCUT2D eigenvalue weighted by Gasteiger charge is -2.09. The van der Waals surface area contributed by atoms with Crippen molar-refractivity contribution in [1.29, 1.82) is 0 Å². The quantitative estimate of drug-likeness (QED) is 0.200. The first kappa shape index (κ1) is 23.5. The zero-order valence-electron chi connectivity index (χ0n) is 23.3. The summed E-state index contributed by atoms with van der Waals surface area (Å²) >= 11 is 0. The van der Waals surface area contributed by atoms with Crippen molar-refractivity contribution in [2.24, 2.45) is 0 Å². The number of hydrogen-bond donors (Lipinski definition) is 0. The Hall–Kier alpha value is -6.07. The molecule has 0 spiro atoms. The molecule has 0 radical (unpaired) electrons. The summed E-state index contributed by atoms with van der Waals surface area (Å²) in [6, 6.07) is 43.3. The first-order chi connectivity index (χ1) is 21.8. The van der Waals surface area contributed by atoms with Gasteiger partial charge in [0, 0.05) is 38.2 Å². The van der Waals surface area contributed by atoms with E-state index in [1.165, 1.54) is 26.9 Å². The van der Waals surface area contributed by atoms with Crippen molar-refractivity contribution in [2.75, 3.05) is 0 Å². The van der Waals surface area contributed by atoms with Gasteiger partial charge in [-0.1, -0.05) is 84.9 Å². The molecular formula is C39H21N3O2. The van der Waals surface area contributed by atoms with Crippen molar-refractivity contribution >= 4 is 65.4 Å². The second kappa shape index (κ2) is 8.72. The smallest absolute Gasteiger partial charge is 0.164 e. The molecule has 3 aromatic heterocycles. The summed E-state index contributed by atoms with van der Waals surface area (Å²) in [6.07, 6.45) is 0. The van der Waals surface area contributed by atoms with Crippen LogP contribution in [0.4, 0.5) is 0 Å². The van der Waals surface area contributed by atoms with E-state index >= 15 is 0 Å². The van der Waals surface area contributed by atoms with Gasteiger partial charge in [0.2, 0.25) is 0 Å². The number of benzene rings is 7. The van der Waals surface area contributed by atoms with E-state index < -0.39 is 0 Å². The Morgan fingerprint density at radius 3 is 1.45 bits per heavy atom. The van der Waals surface area contributed by atoms with Gasteiger partial charge in [0.1, 0.15) is 22.3 Å². The minimum atomic E-state index is 0.617. The van der Waals surface area contributed by atoms with Gasteiger partial charge >= 0.3 is 0 Å². The summed E-state index contributed by atoms with van der Waals surface area (Å²) in [5.74, 6) is 1.89. The maximum Gasteiger partial charge on any atom is 0.164 e. The van der Waals surface area contributed by atoms with Crippen molar-refractivity contribution in [3.8, 4) is 34.2 Å². The van der Waals surface area contributed by atoms with Crippen LogP contribution in [0, 0.1) is 0 Å². The van der Waals surface area contributed by atoms with Crippen molar-refractivity contribution in [3.05, 3.63) is 127 Å². The van der Waals surface area contributed by atoms with Gasteiger partial charge in [0.25, 0.3) is 0 Å². The van der Waals surface area contributed by atoms with Gasteiger partial charge in [-0.15, -0.1) is 0 Å². The number of nitrogens with zero attached hydrogens (tertiary/aromatic N) is 3. The van der Waals surface area contributed by atoms with E-state index in [9.17, 15) is 0 Å². The topological polar surface area (TPSA) is 65.0 Å². The lowest BCUT2D eigenvalue weighted by molar-refractivity contribution is 0.669. The van der Waals surface area contributed by atoms with Crippen molar-refractivity contribution in [2.45, 2.75) is 0 Å². The van der Waals surface area contributed by atoms with E-state index in [1.54, 1.807) is 0 Å². The zero-order valence-corrected chi connectivity index (χ0v) is 23.3. The molecule has 3 heterocycles. The predicted octanol–water partition coefficient (Wildman–Crippen LogP) is 10.4. The summed E-state index contributed by atoms with van der Waals surface area (Å²) in [5.41, 5.74) is 6.27. The molecule has 0 unspecified atom stereocenters. The summed E-state index contributed by atoms with van der Waals surface area (Å²) in [6.45, 7) is 0. The molecular weight excluding hydrogens is 542 g/mol. The fraction of sp³-hybridized carbons (Fsp3) is 0. The largest absolute Gasteiger partial charge is 0.456 e. The normalized spacial score (nSPS) is 12.1. The van der Waals surface area contributed by atoms with E-state index in [-0.39, 0.29) is 0 Å². The van der Waals surface area contributed by atoms with Crippen LogP contribution in [0.2, 0.25) is 0 Å². The Morgan fingerprint density at radius 1 is 0.318 bits per heavy atom. The number of fused-ring (bicyclic) bond motifs is 6. The SMILES string of the molecule is c1ccc(-c2nc(-c3ccccc3)nc(-c3ccc4oc5cc6c(cc5c4c3)c3cccc4oc5cccc6c5c43)n2)cc1. The highest BCUT2D eigenvalue weighted by molar-refractivity contribution is 6.34. The van der Waals surface area contributed by atoms with Crippen LogP contribution < -0.4 is 0 Å². The number of rotatable bonds is 3. The van der Waals surface area contributed by atoms with Crippen LogP contribution in [0.25, 0.3) is 99.6 Å². The van der Waals surface area contributed by atoms with Crippen LogP contribution in [0.1, 0.15) is 0 Å². The summed E-state index contributed by atoms with van der Waals surface area (Å²) in [7, 11) is 0. The van der Waals surface area contributed by atoms with E-state index in [4.69, 9.17) is 23.8 Å². The standard InChI is InChI=1S/C39H21N3O2/c1-3-9-22(10-4-1)37-40-38(23-11-5-2-6-12-23)42-39(41-37)24-17-18-31-29(19-24)30-20-27-25-13-7-15-32-35(25)36-26(14-8-16-33(36)44-32)28(27)21-34(30)43-31/h1-21H. The lowest BCUT2D eigenvalue weighted by Crippen LogP contribution is -2.00. The minimum Gasteiger partial charge on any atom is -0.456 e. The Bertz CT molecular complexity index is 2650. The van der Waals surface area contributed by atoms with Gasteiger partial charge in [-0.25, -0.2) is 15.0 Å². The third-order valence-corrected chi connectivity index (χ3v) is 8.67. The van der Waals surface area contributed by atoms with Crippen LogP contribution in [-0.2, 0) is 0 Å². The van der Waals surface area contributed by atoms with Crippen LogP contribution in [-0.4, -0.2) is 15.0 Å². The second-order valence-corrected chi connectivity index (χ2v) is 11.2. The Balaban J connectivity index is 1.23. The number of aromatic nitrogens is 3. The Kier molecular flexibility index (Phi) is 4.66. The Labute approximate surface area is 250 Å². The minimum absolute atomic E-state index is 0.617. The first-order valence-electron chi connectivity index (χ1n) is 14.6. The molecule has 204 valence electrons. The molecule has 5 heteroatoms. The monoisotopic (exact) mass is 563 g/mol. The van der Waals surface area contributed by atoms with Crippen molar-refractivity contribution in [1.82, 2.24) is 15.0 Å². The van der Waals surface area contributed by atoms with Crippen molar-refractivity contribution in [3.63, 3.8) is 0 Å². The van der Waals surface area contributed by atoms with E-state index in [1.807, 2.05) is 84.9 Å². The predicted molar refractivity (Wildman–Crippen MR) is 177 cm³/mol. The third kappa shape index (κ3) is 3.32. The van der Waals surface area contributed by atoms with Crippen LogP contribution >= 0.6 is 0 Å². The molecule has 0 aliphatic heterocycles. The van der Waals surface area contributed by atoms with Gasteiger partial charge in [0.15, 0.2) is 17.5 Å². The van der Waals surface area contributed by atoms with E-state index in [0.29, 0.717) is 17.5 Å². The molecule has 0 aliphatic rings. The molecule has 0 saturated carbocycles. The number of furan rings is 2. The van der Waals surface area contributed by atoms with Crippen LogP contribution in [0.15, 0.2) is 136 Å². The summed E-state index contributed by atoms with van der Waals surface area (Å²) in [4.78, 5) is 14.7. The third-order valence-electron chi connectivity index (χ3n) is 8.67. The fourth-order valence-corrected chi connectivity index (χ4v) is 6.66. The molecule has 10 rings (SSSR count). The molecule has 0 saturated heterocycles. The van der Waals surface area contributed by atoms with Gasteiger partial charge in [-0.3, -0.25) is 0 Å². The molecule has 10 aromatic rings. The van der Waals surface area contributed by atoms with Crippen LogP contribution in [0.3, 0.4) is 0 Å². The van der Waals surface area contributed by atoms with Gasteiger partial charge in [0.05, 0.1) is 0 Å². The van der Waals surface area contributed by atoms with Gasteiger partial charge in [-0.05, 0) is 64.0 Å². The fourth-order valence-electron chi connectivity index (χ4n) is 6.66. The Morgan fingerprint density at radius 2 is 0.841 bits per heavy atom. The maximum atomic E-state index is 6.46. The average Bonchev–Trinajstić information content (AvgIpc) is 3.66. The van der Waals surface area contributed by atoms with Gasteiger partial charge in [-0.2, -0.15) is 0 Å². The molecule has 0 amide bonds. The average molecular weight is 564 g/mol. The first-order valence-corrected chi connectivity index (χ1v) is 14.6. The molecule has 0 bridgehead atoms. The highest BCUT2D eigenvalue weighted by atomic mass is 16.3. The van der Waals surface area contributed by atoms with Crippen LogP contribution in [0.5, 0.6) is 0 Å². The maximum absolute atomic E-state index is 6.46. The number of hydrogen-bond acceptors (Lipinski definition) is 5. The van der Waals surface area contributed by atoms with Gasteiger partial charge < -0.3 is 8.83 Å². The second-order valence-electron chi connectivity index (χ2n) is 11.2. The molecule has 0 atom stereocenters. The molecule has 7 aromatic carbocycles.